The minimum Gasteiger partial charge on any atom is -0.400 e. The maximum Gasteiger partial charge on any atom is 0.135 e. The van der Waals surface area contributed by atoms with Crippen molar-refractivity contribution in [3.8, 4) is 0 Å². The second kappa shape index (κ2) is 9.33. The van der Waals surface area contributed by atoms with E-state index in [9.17, 15) is 4.39 Å². The highest BCUT2D eigenvalue weighted by Crippen LogP contribution is 2.04. The van der Waals surface area contributed by atoms with Gasteiger partial charge in [-0.25, -0.2) is 4.39 Å². The van der Waals surface area contributed by atoms with Crippen LogP contribution in [0.15, 0.2) is 0 Å². The van der Waals surface area contributed by atoms with Gasteiger partial charge in [0.15, 0.2) is 0 Å². The Bertz CT molecular complexity index is 117. The minimum atomic E-state index is -1.20. The Morgan fingerprint density at radius 2 is 1.86 bits per heavy atom. The van der Waals surface area contributed by atoms with Crippen LogP contribution >= 0.6 is 0 Å². The molecule has 14 heavy (non-hydrogen) atoms. The molecule has 0 amide bonds. The van der Waals surface area contributed by atoms with Gasteiger partial charge in [0.1, 0.15) is 6.17 Å². The number of halogens is 1. The van der Waals surface area contributed by atoms with Gasteiger partial charge in [0.2, 0.25) is 0 Å². The van der Waals surface area contributed by atoms with Gasteiger partial charge in [-0.2, -0.15) is 0 Å². The molecule has 0 rings (SSSR count). The van der Waals surface area contributed by atoms with Crippen LogP contribution < -0.4 is 5.32 Å². The number of ether oxygens (including phenoxy) is 1. The van der Waals surface area contributed by atoms with Gasteiger partial charge in [0.25, 0.3) is 0 Å². The average molecular weight is 211 g/mol. The van der Waals surface area contributed by atoms with E-state index in [1.807, 2.05) is 20.8 Å². The highest BCUT2D eigenvalue weighted by atomic mass is 19.1. The molecule has 1 unspecified atom stereocenters. The summed E-state index contributed by atoms with van der Waals surface area (Å²) in [5, 5.41) is 18.1. The highest BCUT2D eigenvalue weighted by molar-refractivity contribution is 4.59. The summed E-state index contributed by atoms with van der Waals surface area (Å²) in [4.78, 5) is 0. The average Bonchev–Trinajstić information content (AvgIpc) is 2.14. The molecule has 0 aliphatic heterocycles. The van der Waals surface area contributed by atoms with E-state index < -0.39 is 12.8 Å². The third-order valence-electron chi connectivity index (χ3n) is 1.17. The summed E-state index contributed by atoms with van der Waals surface area (Å²) in [7, 11) is 1.00. The molecule has 0 aromatic heterocycles. The lowest BCUT2D eigenvalue weighted by Crippen LogP contribution is -2.32. The van der Waals surface area contributed by atoms with Crippen molar-refractivity contribution in [2.75, 3.05) is 27.0 Å². The lowest BCUT2D eigenvalue weighted by atomic mass is 10.2. The second-order valence-corrected chi connectivity index (χ2v) is 3.64. The normalized spacial score (nSPS) is 13.1. The third-order valence-corrected chi connectivity index (χ3v) is 1.17. The van der Waals surface area contributed by atoms with Gasteiger partial charge < -0.3 is 14.9 Å². The van der Waals surface area contributed by atoms with Crippen LogP contribution in [0.3, 0.4) is 0 Å². The first-order valence-corrected chi connectivity index (χ1v) is 4.50. The Labute approximate surface area is 85.1 Å². The highest BCUT2D eigenvalue weighted by Gasteiger charge is 2.09. The molecule has 3 N–H and O–H groups in total. The Morgan fingerprint density at radius 1 is 1.36 bits per heavy atom. The van der Waals surface area contributed by atoms with E-state index in [4.69, 9.17) is 14.9 Å². The summed E-state index contributed by atoms with van der Waals surface area (Å²) >= 11 is 0. The number of aliphatic hydroxyl groups excluding tert-OH is 2. The summed E-state index contributed by atoms with van der Waals surface area (Å²) in [5.41, 5.74) is -0.210. The smallest absolute Gasteiger partial charge is 0.135 e. The van der Waals surface area contributed by atoms with Crippen LogP contribution in [0.5, 0.6) is 0 Å². The van der Waals surface area contributed by atoms with Crippen molar-refractivity contribution in [2.45, 2.75) is 32.5 Å². The van der Waals surface area contributed by atoms with E-state index in [1.165, 1.54) is 0 Å². The van der Waals surface area contributed by atoms with Crippen LogP contribution in [0.4, 0.5) is 4.39 Å². The number of hydrogen-bond acceptors (Lipinski definition) is 4. The van der Waals surface area contributed by atoms with Crippen molar-refractivity contribution in [2.24, 2.45) is 0 Å². The van der Waals surface area contributed by atoms with E-state index in [1.54, 1.807) is 0 Å². The predicted molar refractivity (Wildman–Crippen MR) is 53.8 cm³/mol. The second-order valence-electron chi connectivity index (χ2n) is 3.64. The third kappa shape index (κ3) is 14.3. The maximum atomic E-state index is 12.4. The van der Waals surface area contributed by atoms with Crippen molar-refractivity contribution < 1.29 is 19.3 Å². The molecule has 0 heterocycles. The zero-order chi connectivity index (χ0) is 11.6. The summed E-state index contributed by atoms with van der Waals surface area (Å²) in [6.07, 6.45) is -1.20. The molecule has 0 aliphatic rings. The van der Waals surface area contributed by atoms with E-state index >= 15 is 0 Å². The van der Waals surface area contributed by atoms with Gasteiger partial charge in [0.05, 0.1) is 18.9 Å². The quantitative estimate of drug-likeness (QED) is 0.452. The molecule has 0 fully saturated rings. The number of alkyl halides is 1. The standard InChI is InChI=1S/C8H18FNO2.CH4O/c1-8(2,3)12-6-10-4-7(9)5-11;1-2/h7,10-11H,4-6H2,1-3H3;2H,1H3. The minimum absolute atomic E-state index is 0.132. The van der Waals surface area contributed by atoms with Gasteiger partial charge in [-0.3, -0.25) is 5.32 Å². The molecule has 0 radical (unpaired) electrons. The molecule has 0 aromatic carbocycles. The van der Waals surface area contributed by atoms with Gasteiger partial charge in [-0.15, -0.1) is 0 Å². The fourth-order valence-corrected chi connectivity index (χ4v) is 0.548. The van der Waals surface area contributed by atoms with Crippen molar-refractivity contribution in [1.29, 1.82) is 0 Å². The molecular weight excluding hydrogens is 189 g/mol. The van der Waals surface area contributed by atoms with Crippen LogP contribution in [-0.2, 0) is 4.74 Å². The first-order valence-electron chi connectivity index (χ1n) is 4.50. The molecule has 88 valence electrons. The van der Waals surface area contributed by atoms with Crippen molar-refractivity contribution in [3.05, 3.63) is 0 Å². The lowest BCUT2D eigenvalue weighted by molar-refractivity contribution is -0.0158. The fourth-order valence-electron chi connectivity index (χ4n) is 0.548. The SMILES string of the molecule is CC(C)(C)OCNCC(F)CO.CO. The van der Waals surface area contributed by atoms with E-state index in [0.717, 1.165) is 7.11 Å². The summed E-state index contributed by atoms with van der Waals surface area (Å²) in [6, 6.07) is 0. The van der Waals surface area contributed by atoms with Crippen molar-refractivity contribution >= 4 is 0 Å². The summed E-state index contributed by atoms with van der Waals surface area (Å²) in [6.45, 7) is 5.77. The molecule has 1 atom stereocenters. The van der Waals surface area contributed by atoms with E-state index in [2.05, 4.69) is 5.32 Å². The molecule has 0 saturated heterocycles. The van der Waals surface area contributed by atoms with Crippen LogP contribution in [0, 0.1) is 0 Å². The maximum absolute atomic E-state index is 12.4. The van der Waals surface area contributed by atoms with Crippen molar-refractivity contribution in [3.63, 3.8) is 0 Å². The zero-order valence-corrected chi connectivity index (χ0v) is 9.38. The number of nitrogens with one attached hydrogen (secondary N) is 1. The van der Waals surface area contributed by atoms with Gasteiger partial charge in [-0.05, 0) is 20.8 Å². The van der Waals surface area contributed by atoms with Crippen LogP contribution in [-0.4, -0.2) is 49.0 Å². The monoisotopic (exact) mass is 211 g/mol. The fraction of sp³-hybridized carbons (Fsp3) is 1.00. The van der Waals surface area contributed by atoms with Gasteiger partial charge in [0, 0.05) is 13.7 Å². The first kappa shape index (κ1) is 16.2. The van der Waals surface area contributed by atoms with Gasteiger partial charge in [-0.1, -0.05) is 0 Å². The topological polar surface area (TPSA) is 61.7 Å². The van der Waals surface area contributed by atoms with E-state index in [0.29, 0.717) is 6.73 Å². The molecule has 0 aromatic rings. The number of aliphatic hydroxyl groups is 2. The molecule has 5 heteroatoms. The van der Waals surface area contributed by atoms with Crippen molar-refractivity contribution in [1.82, 2.24) is 5.32 Å². The molecule has 0 saturated carbocycles. The number of hydrogen-bond donors (Lipinski definition) is 3. The zero-order valence-electron chi connectivity index (χ0n) is 9.38. The molecule has 0 aliphatic carbocycles. The molecular formula is C9H22FNO3. The van der Waals surface area contributed by atoms with Crippen LogP contribution in [0.25, 0.3) is 0 Å². The van der Waals surface area contributed by atoms with Gasteiger partial charge >= 0.3 is 0 Å². The van der Waals surface area contributed by atoms with Crippen LogP contribution in [0.1, 0.15) is 20.8 Å². The molecule has 0 bridgehead atoms. The Balaban J connectivity index is 0. The Morgan fingerprint density at radius 3 is 2.21 bits per heavy atom. The predicted octanol–water partition coefficient (Wildman–Crippen LogP) is 0.288. The lowest BCUT2D eigenvalue weighted by Gasteiger charge is -2.19. The first-order chi connectivity index (χ1) is 6.45. The molecule has 4 nitrogen and oxygen atoms in total. The number of rotatable bonds is 5. The van der Waals surface area contributed by atoms with E-state index in [-0.39, 0.29) is 12.1 Å². The Hall–Kier alpha value is -0.230. The van der Waals surface area contributed by atoms with Crippen LogP contribution in [0.2, 0.25) is 0 Å². The largest absolute Gasteiger partial charge is 0.400 e. The Kier molecular flexibility index (Phi) is 10.8. The summed E-state index contributed by atoms with van der Waals surface area (Å²) < 4.78 is 17.6. The summed E-state index contributed by atoms with van der Waals surface area (Å²) in [5.74, 6) is 0. The molecule has 0 spiro atoms.